The third-order valence-electron chi connectivity index (χ3n) is 4.07. The summed E-state index contributed by atoms with van der Waals surface area (Å²) in [5, 5.41) is 8.83. The van der Waals surface area contributed by atoms with Gasteiger partial charge >= 0.3 is 0 Å². The second kappa shape index (κ2) is 7.63. The van der Waals surface area contributed by atoms with Crippen LogP contribution in [0.15, 0.2) is 23.1 Å². The Balaban J connectivity index is 2.30. The minimum absolute atomic E-state index is 0.107. The molecule has 0 unspecified atom stereocenters. The molecule has 1 heterocycles. The monoisotopic (exact) mass is 366 g/mol. The Kier molecular flexibility index (Phi) is 5.96. The molecular weight excluding hydrogens is 340 g/mol. The van der Waals surface area contributed by atoms with Crippen LogP contribution in [0.5, 0.6) is 11.5 Å². The molecule has 0 saturated carbocycles. The highest BCUT2D eigenvalue weighted by Gasteiger charge is 2.32. The van der Waals surface area contributed by atoms with Crippen molar-refractivity contribution < 1.29 is 17.9 Å². The quantitative estimate of drug-likeness (QED) is 0.704. The number of nitrogens with zero attached hydrogens (tertiary/aromatic N) is 2. The molecule has 0 aliphatic carbocycles. The Hall–Kier alpha value is -1.78. The summed E-state index contributed by atoms with van der Waals surface area (Å²) < 4.78 is 38.5. The average Bonchev–Trinajstić information content (AvgIpc) is 2.99. The number of benzene rings is 1. The van der Waals surface area contributed by atoms with Crippen LogP contribution in [-0.2, 0) is 10.0 Å². The Labute approximate surface area is 150 Å². The second-order valence-corrected chi connectivity index (χ2v) is 9.47. The van der Waals surface area contributed by atoms with Crippen molar-refractivity contribution in [2.75, 3.05) is 19.9 Å². The fourth-order valence-corrected chi connectivity index (χ4v) is 4.60. The van der Waals surface area contributed by atoms with E-state index in [1.165, 1.54) is 10.4 Å². The van der Waals surface area contributed by atoms with Gasteiger partial charge in [0.15, 0.2) is 11.5 Å². The van der Waals surface area contributed by atoms with Crippen molar-refractivity contribution in [3.8, 4) is 17.6 Å². The lowest BCUT2D eigenvalue weighted by atomic mass is 9.88. The number of nitriles is 1. The smallest absolute Gasteiger partial charge is 0.243 e. The molecule has 7 heteroatoms. The Morgan fingerprint density at radius 1 is 1.28 bits per heavy atom. The van der Waals surface area contributed by atoms with Crippen molar-refractivity contribution in [1.82, 2.24) is 4.31 Å². The van der Waals surface area contributed by atoms with Crippen LogP contribution < -0.4 is 9.47 Å². The molecule has 0 spiro atoms. The number of fused-ring (bicyclic) bond motifs is 1. The maximum atomic E-state index is 13.2. The van der Waals surface area contributed by atoms with Crippen LogP contribution in [0.2, 0.25) is 0 Å². The summed E-state index contributed by atoms with van der Waals surface area (Å²) in [7, 11) is -3.66. The summed E-state index contributed by atoms with van der Waals surface area (Å²) in [4.78, 5) is 0.202. The van der Waals surface area contributed by atoms with Crippen molar-refractivity contribution in [3.05, 3.63) is 18.2 Å². The molecule has 6 nitrogen and oxygen atoms in total. The van der Waals surface area contributed by atoms with E-state index in [2.05, 4.69) is 6.07 Å². The maximum Gasteiger partial charge on any atom is 0.243 e. The van der Waals surface area contributed by atoms with Gasteiger partial charge in [-0.3, -0.25) is 0 Å². The number of ether oxygens (including phenoxy) is 2. The van der Waals surface area contributed by atoms with E-state index in [0.717, 1.165) is 0 Å². The van der Waals surface area contributed by atoms with Gasteiger partial charge in [-0.15, -0.1) is 0 Å². The molecule has 1 aliphatic rings. The molecular formula is C18H26N2O4S. The molecule has 1 aromatic carbocycles. The molecule has 25 heavy (non-hydrogen) atoms. The number of sulfonamides is 1. The summed E-state index contributed by atoms with van der Waals surface area (Å²) in [6.07, 6.45) is 1.06. The van der Waals surface area contributed by atoms with E-state index in [1.807, 2.05) is 27.7 Å². The largest absolute Gasteiger partial charge is 0.454 e. The minimum atomic E-state index is -3.66. The van der Waals surface area contributed by atoms with Crippen molar-refractivity contribution in [2.45, 2.75) is 45.4 Å². The zero-order valence-corrected chi connectivity index (χ0v) is 16.1. The van der Waals surface area contributed by atoms with Gasteiger partial charge in [-0.25, -0.2) is 8.42 Å². The second-order valence-electron chi connectivity index (χ2n) is 7.53. The predicted molar refractivity (Wildman–Crippen MR) is 94.8 cm³/mol. The number of rotatable bonds is 8. The van der Waals surface area contributed by atoms with Crippen LogP contribution in [0.4, 0.5) is 0 Å². The van der Waals surface area contributed by atoms with Gasteiger partial charge in [-0.05, 0) is 29.9 Å². The lowest BCUT2D eigenvalue weighted by molar-refractivity contribution is 0.174. The number of hydrogen-bond donors (Lipinski definition) is 0. The van der Waals surface area contributed by atoms with Crippen molar-refractivity contribution in [3.63, 3.8) is 0 Å². The fourth-order valence-electron chi connectivity index (χ4n) is 2.79. The van der Waals surface area contributed by atoms with Gasteiger partial charge in [0.25, 0.3) is 0 Å². The zero-order valence-electron chi connectivity index (χ0n) is 15.3. The average molecular weight is 366 g/mol. The summed E-state index contributed by atoms with van der Waals surface area (Å²) >= 11 is 0. The summed E-state index contributed by atoms with van der Waals surface area (Å²) in [6.45, 7) is 8.86. The van der Waals surface area contributed by atoms with Gasteiger partial charge < -0.3 is 9.47 Å². The highest BCUT2D eigenvalue weighted by Crippen LogP contribution is 2.35. The van der Waals surface area contributed by atoms with E-state index in [-0.39, 0.29) is 23.0 Å². The molecule has 0 amide bonds. The molecule has 2 rings (SSSR count). The first kappa shape index (κ1) is 19.5. The molecule has 0 aromatic heterocycles. The van der Waals surface area contributed by atoms with Gasteiger partial charge in [-0.1, -0.05) is 27.7 Å². The molecule has 1 aromatic rings. The van der Waals surface area contributed by atoms with Crippen LogP contribution in [0.3, 0.4) is 0 Å². The van der Waals surface area contributed by atoms with E-state index >= 15 is 0 Å². The first-order valence-electron chi connectivity index (χ1n) is 8.42. The van der Waals surface area contributed by atoms with Crippen molar-refractivity contribution in [1.29, 1.82) is 5.26 Å². The highest BCUT2D eigenvalue weighted by atomic mass is 32.2. The predicted octanol–water partition coefficient (Wildman–Crippen LogP) is 3.39. The van der Waals surface area contributed by atoms with Crippen molar-refractivity contribution >= 4 is 10.0 Å². The molecule has 0 bridgehead atoms. The molecule has 0 N–H and O–H groups in total. The minimum Gasteiger partial charge on any atom is -0.454 e. The van der Waals surface area contributed by atoms with Gasteiger partial charge in [0.2, 0.25) is 16.8 Å². The van der Waals surface area contributed by atoms with Gasteiger partial charge in [0, 0.05) is 25.6 Å². The highest BCUT2D eigenvalue weighted by molar-refractivity contribution is 7.89. The van der Waals surface area contributed by atoms with Crippen molar-refractivity contribution in [2.24, 2.45) is 11.3 Å². The van der Waals surface area contributed by atoms with E-state index in [4.69, 9.17) is 14.7 Å². The molecule has 0 saturated heterocycles. The van der Waals surface area contributed by atoms with E-state index in [1.54, 1.807) is 12.1 Å². The van der Waals surface area contributed by atoms with Crippen LogP contribution >= 0.6 is 0 Å². The molecule has 1 aliphatic heterocycles. The van der Waals surface area contributed by atoms with Gasteiger partial charge in [0.1, 0.15) is 0 Å². The Bertz CT molecular complexity index is 751. The van der Waals surface area contributed by atoms with Gasteiger partial charge in [-0.2, -0.15) is 9.57 Å². The standard InChI is InChI=1S/C18H26N2O4S/c1-14(2)11-20(12-18(3,4)8-5-9-19)25(21,22)15-6-7-16-17(10-15)24-13-23-16/h6-7,10,14H,5,8,11-13H2,1-4H3. The van der Waals surface area contributed by atoms with Crippen LogP contribution in [0.1, 0.15) is 40.5 Å². The summed E-state index contributed by atoms with van der Waals surface area (Å²) in [6, 6.07) is 6.84. The molecule has 0 atom stereocenters. The van der Waals surface area contributed by atoms with Crippen LogP contribution in [0.25, 0.3) is 0 Å². The Morgan fingerprint density at radius 2 is 1.96 bits per heavy atom. The van der Waals surface area contributed by atoms with Crippen LogP contribution in [-0.4, -0.2) is 32.6 Å². The third kappa shape index (κ3) is 4.86. The van der Waals surface area contributed by atoms with Crippen LogP contribution in [0, 0.1) is 22.7 Å². The number of hydrogen-bond acceptors (Lipinski definition) is 5. The van der Waals surface area contributed by atoms with E-state index in [9.17, 15) is 8.42 Å². The fraction of sp³-hybridized carbons (Fsp3) is 0.611. The first-order chi connectivity index (χ1) is 11.7. The summed E-state index contributed by atoms with van der Waals surface area (Å²) in [5.41, 5.74) is -0.284. The van der Waals surface area contributed by atoms with E-state index < -0.39 is 10.0 Å². The first-order valence-corrected chi connectivity index (χ1v) is 9.86. The molecule has 0 radical (unpaired) electrons. The summed E-state index contributed by atoms with van der Waals surface area (Å²) in [5.74, 6) is 1.20. The molecule has 138 valence electrons. The lowest BCUT2D eigenvalue weighted by Gasteiger charge is -2.32. The lowest BCUT2D eigenvalue weighted by Crippen LogP contribution is -2.41. The van der Waals surface area contributed by atoms with E-state index in [0.29, 0.717) is 37.4 Å². The topological polar surface area (TPSA) is 79.6 Å². The third-order valence-corrected chi connectivity index (χ3v) is 5.88. The van der Waals surface area contributed by atoms with Gasteiger partial charge in [0.05, 0.1) is 11.0 Å². The molecule has 0 fully saturated rings. The maximum absolute atomic E-state index is 13.2. The SMILES string of the molecule is CC(C)CN(CC(C)(C)CCC#N)S(=O)(=O)c1ccc2c(c1)OCO2. The Morgan fingerprint density at radius 3 is 2.60 bits per heavy atom. The normalized spacial score (nSPS) is 14.1. The zero-order chi connectivity index (χ0) is 18.7.